The molecule has 0 unspecified atom stereocenters. The van der Waals surface area contributed by atoms with Crippen LogP contribution in [0.3, 0.4) is 0 Å². The smallest absolute Gasteiger partial charge is 0.379 e. The highest BCUT2D eigenvalue weighted by molar-refractivity contribution is 5.95. The third kappa shape index (κ3) is 4.51. The first-order chi connectivity index (χ1) is 12.9. The molecule has 0 saturated carbocycles. The van der Waals surface area contributed by atoms with E-state index in [-0.39, 0.29) is 18.2 Å². The van der Waals surface area contributed by atoms with Crippen molar-refractivity contribution in [3.63, 3.8) is 0 Å². The van der Waals surface area contributed by atoms with E-state index in [4.69, 9.17) is 4.74 Å². The summed E-state index contributed by atoms with van der Waals surface area (Å²) in [6.45, 7) is 2.79. The van der Waals surface area contributed by atoms with Gasteiger partial charge in [-0.1, -0.05) is 12.1 Å². The van der Waals surface area contributed by atoms with Crippen molar-refractivity contribution in [2.75, 3.05) is 32.8 Å². The fourth-order valence-electron chi connectivity index (χ4n) is 3.34. The Balaban J connectivity index is 1.78. The zero-order valence-corrected chi connectivity index (χ0v) is 15.0. The maximum atomic E-state index is 13.2. The van der Waals surface area contributed by atoms with E-state index in [2.05, 4.69) is 10.2 Å². The molecule has 0 spiro atoms. The summed E-state index contributed by atoms with van der Waals surface area (Å²) in [5, 5.41) is 2.69. The third-order valence-electron chi connectivity index (χ3n) is 4.74. The summed E-state index contributed by atoms with van der Waals surface area (Å²) in [7, 11) is 1.91. The van der Waals surface area contributed by atoms with Gasteiger partial charge in [-0.05, 0) is 24.3 Å². The summed E-state index contributed by atoms with van der Waals surface area (Å²) in [4.78, 5) is 14.7. The normalized spacial score (nSPS) is 16.9. The molecule has 1 atom stereocenters. The molecule has 1 aliphatic rings. The molecule has 146 valence electrons. The molecule has 0 bridgehead atoms. The zero-order chi connectivity index (χ0) is 19.4. The van der Waals surface area contributed by atoms with E-state index in [1.807, 2.05) is 29.9 Å². The van der Waals surface area contributed by atoms with Crippen LogP contribution in [-0.4, -0.2) is 48.2 Å². The molecule has 8 heteroatoms. The summed E-state index contributed by atoms with van der Waals surface area (Å²) in [6, 6.07) is 8.55. The molecule has 0 radical (unpaired) electrons. The van der Waals surface area contributed by atoms with Crippen LogP contribution in [-0.2, 0) is 18.0 Å². The molecule has 1 N–H and O–H groups in total. The highest BCUT2D eigenvalue weighted by atomic mass is 19.4. The van der Waals surface area contributed by atoms with Crippen molar-refractivity contribution in [2.45, 2.75) is 12.2 Å². The molecule has 1 amide bonds. The number of morpholine rings is 1. The molecule has 1 aromatic carbocycles. The number of hydrogen-bond donors (Lipinski definition) is 1. The van der Waals surface area contributed by atoms with E-state index >= 15 is 0 Å². The Hall–Kier alpha value is -2.32. The number of carbonyl (C=O) groups is 1. The minimum atomic E-state index is -4.57. The molecule has 1 aliphatic heterocycles. The van der Waals surface area contributed by atoms with Crippen LogP contribution >= 0.6 is 0 Å². The first-order valence-electron chi connectivity index (χ1n) is 8.75. The maximum absolute atomic E-state index is 13.2. The second-order valence-corrected chi connectivity index (χ2v) is 6.46. The van der Waals surface area contributed by atoms with Crippen molar-refractivity contribution < 1.29 is 22.7 Å². The predicted molar refractivity (Wildman–Crippen MR) is 94.3 cm³/mol. The molecule has 2 heterocycles. The van der Waals surface area contributed by atoms with Crippen LogP contribution in [0.2, 0.25) is 0 Å². The first-order valence-corrected chi connectivity index (χ1v) is 8.75. The van der Waals surface area contributed by atoms with Crippen molar-refractivity contribution in [1.29, 1.82) is 0 Å². The van der Waals surface area contributed by atoms with Gasteiger partial charge in [0.2, 0.25) is 0 Å². The van der Waals surface area contributed by atoms with Crippen molar-refractivity contribution in [3.05, 3.63) is 59.4 Å². The third-order valence-corrected chi connectivity index (χ3v) is 4.74. The molecule has 27 heavy (non-hydrogen) atoms. The van der Waals surface area contributed by atoms with E-state index in [0.717, 1.165) is 11.8 Å². The summed E-state index contributed by atoms with van der Waals surface area (Å²) in [5.74, 6) is -0.726. The first kappa shape index (κ1) is 19.4. The quantitative estimate of drug-likeness (QED) is 0.867. The standard InChI is InChI=1S/C19H22F3N3O2/c1-24-8-4-7-16(24)17(25-9-11-27-12-10-25)13-23-18(26)14-5-2-3-6-15(14)19(20,21)22/h2-8,17H,9-13H2,1H3,(H,23,26)/t17-/m1/s1. The number of carbonyl (C=O) groups excluding carboxylic acids is 1. The summed E-state index contributed by atoms with van der Waals surface area (Å²) < 4.78 is 46.8. The van der Waals surface area contributed by atoms with Gasteiger partial charge in [-0.3, -0.25) is 9.69 Å². The minimum Gasteiger partial charge on any atom is -0.379 e. The van der Waals surface area contributed by atoms with Crippen LogP contribution in [0.25, 0.3) is 0 Å². The minimum absolute atomic E-state index is 0.143. The molecule has 0 aliphatic carbocycles. The van der Waals surface area contributed by atoms with E-state index in [1.54, 1.807) is 0 Å². The molecule has 2 aromatic rings. The number of rotatable bonds is 5. The van der Waals surface area contributed by atoms with Crippen LogP contribution in [0.4, 0.5) is 13.2 Å². The Morgan fingerprint density at radius 2 is 1.89 bits per heavy atom. The lowest BCUT2D eigenvalue weighted by atomic mass is 10.1. The SMILES string of the molecule is Cn1cccc1[C@@H](CNC(=O)c1ccccc1C(F)(F)F)N1CCOCC1. The summed E-state index contributed by atoms with van der Waals surface area (Å²) >= 11 is 0. The Kier molecular flexibility index (Phi) is 5.86. The summed E-state index contributed by atoms with van der Waals surface area (Å²) in [6.07, 6.45) is -2.67. The average Bonchev–Trinajstić information content (AvgIpc) is 3.08. The van der Waals surface area contributed by atoms with Crippen LogP contribution in [0.1, 0.15) is 27.7 Å². The van der Waals surface area contributed by atoms with Crippen molar-refractivity contribution in [3.8, 4) is 0 Å². The number of alkyl halides is 3. The second kappa shape index (κ2) is 8.14. The lowest BCUT2D eigenvalue weighted by Crippen LogP contribution is -2.44. The van der Waals surface area contributed by atoms with Gasteiger partial charge in [0.05, 0.1) is 30.4 Å². The number of benzene rings is 1. The van der Waals surface area contributed by atoms with Crippen LogP contribution in [0.5, 0.6) is 0 Å². The molecular weight excluding hydrogens is 359 g/mol. The van der Waals surface area contributed by atoms with Gasteiger partial charge in [0, 0.05) is 38.6 Å². The zero-order valence-electron chi connectivity index (χ0n) is 15.0. The molecule has 5 nitrogen and oxygen atoms in total. The molecule has 1 aromatic heterocycles. The Labute approximate surface area is 155 Å². The Morgan fingerprint density at radius 3 is 2.52 bits per heavy atom. The Morgan fingerprint density at radius 1 is 1.19 bits per heavy atom. The van der Waals surface area contributed by atoms with Gasteiger partial charge in [0.1, 0.15) is 0 Å². The fourth-order valence-corrected chi connectivity index (χ4v) is 3.34. The van der Waals surface area contributed by atoms with Crippen LogP contribution in [0.15, 0.2) is 42.6 Å². The topological polar surface area (TPSA) is 46.5 Å². The van der Waals surface area contributed by atoms with E-state index in [0.29, 0.717) is 26.3 Å². The van der Waals surface area contributed by atoms with Gasteiger partial charge in [-0.25, -0.2) is 0 Å². The van der Waals surface area contributed by atoms with Gasteiger partial charge in [-0.15, -0.1) is 0 Å². The van der Waals surface area contributed by atoms with Crippen molar-refractivity contribution in [1.82, 2.24) is 14.8 Å². The molecule has 1 saturated heterocycles. The number of ether oxygens (including phenoxy) is 1. The fraction of sp³-hybridized carbons (Fsp3) is 0.421. The molecular formula is C19H22F3N3O2. The van der Waals surface area contributed by atoms with Crippen molar-refractivity contribution in [2.24, 2.45) is 7.05 Å². The highest BCUT2D eigenvalue weighted by Gasteiger charge is 2.35. The number of nitrogens with zero attached hydrogens (tertiary/aromatic N) is 2. The van der Waals surface area contributed by atoms with E-state index in [9.17, 15) is 18.0 Å². The van der Waals surface area contributed by atoms with Crippen molar-refractivity contribution >= 4 is 5.91 Å². The maximum Gasteiger partial charge on any atom is 0.417 e. The predicted octanol–water partition coefficient (Wildman–Crippen LogP) is 2.85. The number of aromatic nitrogens is 1. The van der Waals surface area contributed by atoms with Crippen LogP contribution < -0.4 is 5.32 Å². The van der Waals surface area contributed by atoms with Gasteiger partial charge < -0.3 is 14.6 Å². The largest absolute Gasteiger partial charge is 0.417 e. The Bertz CT molecular complexity index is 783. The van der Waals surface area contributed by atoms with E-state index in [1.165, 1.54) is 18.2 Å². The van der Waals surface area contributed by atoms with Gasteiger partial charge in [-0.2, -0.15) is 13.2 Å². The monoisotopic (exact) mass is 381 g/mol. The lowest BCUT2D eigenvalue weighted by molar-refractivity contribution is -0.137. The highest BCUT2D eigenvalue weighted by Crippen LogP contribution is 2.32. The number of aryl methyl sites for hydroxylation is 1. The number of hydrogen-bond acceptors (Lipinski definition) is 3. The average molecular weight is 381 g/mol. The lowest BCUT2D eigenvalue weighted by Gasteiger charge is -2.35. The number of halogens is 3. The van der Waals surface area contributed by atoms with E-state index < -0.39 is 17.6 Å². The van der Waals surface area contributed by atoms with Crippen LogP contribution in [0, 0.1) is 0 Å². The van der Waals surface area contributed by atoms with Gasteiger partial charge in [0.15, 0.2) is 0 Å². The molecule has 3 rings (SSSR count). The van der Waals surface area contributed by atoms with Gasteiger partial charge >= 0.3 is 6.18 Å². The van der Waals surface area contributed by atoms with Gasteiger partial charge in [0.25, 0.3) is 5.91 Å². The second-order valence-electron chi connectivity index (χ2n) is 6.46. The summed E-state index contributed by atoms with van der Waals surface area (Å²) in [5.41, 5.74) is -0.303. The number of amides is 1. The molecule has 1 fully saturated rings. The number of nitrogens with one attached hydrogen (secondary N) is 1.